The molecule has 1 heterocycles. The molecule has 0 saturated heterocycles. The fourth-order valence-corrected chi connectivity index (χ4v) is 3.05. The molecule has 27 heavy (non-hydrogen) atoms. The second-order valence-electron chi connectivity index (χ2n) is 5.74. The number of ether oxygens (including phenoxy) is 2. The second-order valence-corrected chi connectivity index (χ2v) is 6.69. The van der Waals surface area contributed by atoms with E-state index in [1.807, 2.05) is 35.7 Å². The van der Waals surface area contributed by atoms with Gasteiger partial charge < -0.3 is 14.8 Å². The summed E-state index contributed by atoms with van der Waals surface area (Å²) in [7, 11) is 1.62. The predicted molar refractivity (Wildman–Crippen MR) is 106 cm³/mol. The molecule has 0 radical (unpaired) electrons. The SMILES string of the molecule is COc1ccc(CCOC(=O)c2ccc(NC(=O)c3cccs3)cc2)cc1. The first-order chi connectivity index (χ1) is 13.2. The highest BCUT2D eigenvalue weighted by molar-refractivity contribution is 7.12. The van der Waals surface area contributed by atoms with Gasteiger partial charge in [-0.3, -0.25) is 4.79 Å². The van der Waals surface area contributed by atoms with Gasteiger partial charge in [0.1, 0.15) is 5.75 Å². The molecule has 6 heteroatoms. The third-order valence-electron chi connectivity index (χ3n) is 3.91. The van der Waals surface area contributed by atoms with Crippen LogP contribution < -0.4 is 10.1 Å². The Labute approximate surface area is 161 Å². The molecule has 5 nitrogen and oxygen atoms in total. The van der Waals surface area contributed by atoms with Crippen molar-refractivity contribution in [1.82, 2.24) is 0 Å². The van der Waals surface area contributed by atoms with Gasteiger partial charge in [0.2, 0.25) is 0 Å². The first-order valence-electron chi connectivity index (χ1n) is 8.40. The van der Waals surface area contributed by atoms with Crippen LogP contribution in [-0.2, 0) is 11.2 Å². The Morgan fingerprint density at radius 1 is 1.00 bits per heavy atom. The van der Waals surface area contributed by atoms with Crippen molar-refractivity contribution >= 4 is 28.9 Å². The number of anilines is 1. The summed E-state index contributed by atoms with van der Waals surface area (Å²) in [4.78, 5) is 24.8. The number of thiophene rings is 1. The van der Waals surface area contributed by atoms with Crippen molar-refractivity contribution < 1.29 is 19.1 Å². The average molecular weight is 381 g/mol. The highest BCUT2D eigenvalue weighted by Gasteiger charge is 2.10. The molecule has 0 aliphatic rings. The van der Waals surface area contributed by atoms with Crippen LogP contribution in [0, 0.1) is 0 Å². The first kappa shape index (κ1) is 18.7. The van der Waals surface area contributed by atoms with Gasteiger partial charge >= 0.3 is 5.97 Å². The first-order valence-corrected chi connectivity index (χ1v) is 9.28. The maximum absolute atomic E-state index is 12.1. The molecule has 0 saturated carbocycles. The standard InChI is InChI=1S/C21H19NO4S/c1-25-18-10-4-15(5-11-18)12-13-26-21(24)16-6-8-17(9-7-16)22-20(23)19-3-2-14-27-19/h2-11,14H,12-13H2,1H3,(H,22,23). The average Bonchev–Trinajstić information content (AvgIpc) is 3.24. The van der Waals surface area contributed by atoms with E-state index in [9.17, 15) is 9.59 Å². The second kappa shape index (κ2) is 9.00. The summed E-state index contributed by atoms with van der Waals surface area (Å²) in [6.07, 6.45) is 0.630. The van der Waals surface area contributed by atoms with E-state index in [2.05, 4.69) is 5.32 Å². The number of methoxy groups -OCH3 is 1. The van der Waals surface area contributed by atoms with E-state index in [0.29, 0.717) is 29.2 Å². The Bertz CT molecular complexity index is 887. The molecule has 3 rings (SSSR count). The zero-order chi connectivity index (χ0) is 19.1. The van der Waals surface area contributed by atoms with Gasteiger partial charge in [-0.2, -0.15) is 0 Å². The molecule has 0 unspecified atom stereocenters. The summed E-state index contributed by atoms with van der Waals surface area (Å²) in [5, 5.41) is 4.64. The van der Waals surface area contributed by atoms with Gasteiger partial charge in [0.15, 0.2) is 0 Å². The molecule has 3 aromatic rings. The summed E-state index contributed by atoms with van der Waals surface area (Å²) in [6.45, 7) is 0.294. The van der Waals surface area contributed by atoms with Crippen LogP contribution in [0.25, 0.3) is 0 Å². The number of hydrogen-bond donors (Lipinski definition) is 1. The molecular weight excluding hydrogens is 362 g/mol. The lowest BCUT2D eigenvalue weighted by Gasteiger charge is -2.07. The molecule has 1 N–H and O–H groups in total. The number of benzene rings is 2. The lowest BCUT2D eigenvalue weighted by Crippen LogP contribution is -2.11. The predicted octanol–water partition coefficient (Wildman–Crippen LogP) is 4.41. The number of rotatable bonds is 7. The summed E-state index contributed by atoms with van der Waals surface area (Å²) in [6, 6.07) is 17.9. The Morgan fingerprint density at radius 2 is 1.74 bits per heavy atom. The van der Waals surface area contributed by atoms with Crippen LogP contribution in [-0.4, -0.2) is 25.6 Å². The van der Waals surface area contributed by atoms with E-state index < -0.39 is 0 Å². The normalized spacial score (nSPS) is 10.3. The fraction of sp³-hybridized carbons (Fsp3) is 0.143. The zero-order valence-electron chi connectivity index (χ0n) is 14.8. The molecule has 0 fully saturated rings. The molecular formula is C21H19NO4S. The molecule has 0 bridgehead atoms. The molecule has 1 aromatic heterocycles. The minimum atomic E-state index is -0.389. The number of carbonyl (C=O) groups is 2. The van der Waals surface area contributed by atoms with Gasteiger partial charge in [0.05, 0.1) is 24.2 Å². The maximum Gasteiger partial charge on any atom is 0.338 e. The van der Waals surface area contributed by atoms with E-state index in [0.717, 1.165) is 11.3 Å². The number of hydrogen-bond acceptors (Lipinski definition) is 5. The van der Waals surface area contributed by atoms with Crippen LogP contribution in [0.3, 0.4) is 0 Å². The summed E-state index contributed by atoms with van der Waals surface area (Å²) in [5.41, 5.74) is 2.14. The van der Waals surface area contributed by atoms with Gasteiger partial charge in [0, 0.05) is 12.1 Å². The molecule has 1 amide bonds. The van der Waals surface area contributed by atoms with Crippen molar-refractivity contribution in [2.45, 2.75) is 6.42 Å². The van der Waals surface area contributed by atoms with Crippen LogP contribution in [0.1, 0.15) is 25.6 Å². The Hall–Kier alpha value is -3.12. The number of amides is 1. The van der Waals surface area contributed by atoms with E-state index in [1.165, 1.54) is 11.3 Å². The zero-order valence-corrected chi connectivity index (χ0v) is 15.6. The van der Waals surface area contributed by atoms with Crippen LogP contribution in [0.4, 0.5) is 5.69 Å². The number of esters is 1. The molecule has 0 atom stereocenters. The van der Waals surface area contributed by atoms with Crippen molar-refractivity contribution in [1.29, 1.82) is 0 Å². The van der Waals surface area contributed by atoms with Crippen molar-refractivity contribution in [2.75, 3.05) is 19.0 Å². The topological polar surface area (TPSA) is 64.6 Å². The minimum Gasteiger partial charge on any atom is -0.497 e. The Morgan fingerprint density at radius 3 is 2.37 bits per heavy atom. The smallest absolute Gasteiger partial charge is 0.338 e. The van der Waals surface area contributed by atoms with Crippen LogP contribution >= 0.6 is 11.3 Å². The van der Waals surface area contributed by atoms with E-state index in [4.69, 9.17) is 9.47 Å². The third kappa shape index (κ3) is 5.18. The van der Waals surface area contributed by atoms with Gasteiger partial charge in [-0.1, -0.05) is 18.2 Å². The van der Waals surface area contributed by atoms with Crippen LogP contribution in [0.5, 0.6) is 5.75 Å². The molecule has 2 aromatic carbocycles. The highest BCUT2D eigenvalue weighted by Crippen LogP contribution is 2.15. The number of carbonyl (C=O) groups excluding carboxylic acids is 2. The Kier molecular flexibility index (Phi) is 6.22. The van der Waals surface area contributed by atoms with E-state index >= 15 is 0 Å². The van der Waals surface area contributed by atoms with Gasteiger partial charge in [0.25, 0.3) is 5.91 Å². The van der Waals surface area contributed by atoms with Crippen molar-refractivity contribution in [3.8, 4) is 5.75 Å². The summed E-state index contributed by atoms with van der Waals surface area (Å²) in [5.74, 6) is 0.237. The molecule has 138 valence electrons. The van der Waals surface area contributed by atoms with Gasteiger partial charge in [-0.15, -0.1) is 11.3 Å². The van der Waals surface area contributed by atoms with Gasteiger partial charge in [-0.25, -0.2) is 4.79 Å². The molecule has 0 aliphatic heterocycles. The van der Waals surface area contributed by atoms with Crippen molar-refractivity contribution in [3.05, 3.63) is 82.0 Å². The minimum absolute atomic E-state index is 0.167. The quantitative estimate of drug-likeness (QED) is 0.616. The highest BCUT2D eigenvalue weighted by atomic mass is 32.1. The van der Waals surface area contributed by atoms with Crippen molar-refractivity contribution in [2.24, 2.45) is 0 Å². The fourth-order valence-electron chi connectivity index (χ4n) is 2.43. The van der Waals surface area contributed by atoms with E-state index in [-0.39, 0.29) is 11.9 Å². The van der Waals surface area contributed by atoms with Gasteiger partial charge in [-0.05, 0) is 53.4 Å². The molecule has 0 aliphatic carbocycles. The lowest BCUT2D eigenvalue weighted by atomic mass is 10.1. The van der Waals surface area contributed by atoms with Crippen LogP contribution in [0.2, 0.25) is 0 Å². The third-order valence-corrected chi connectivity index (χ3v) is 4.78. The molecule has 0 spiro atoms. The van der Waals surface area contributed by atoms with E-state index in [1.54, 1.807) is 37.4 Å². The van der Waals surface area contributed by atoms with Crippen molar-refractivity contribution in [3.63, 3.8) is 0 Å². The summed E-state index contributed by atoms with van der Waals surface area (Å²) < 4.78 is 10.4. The monoisotopic (exact) mass is 381 g/mol. The largest absolute Gasteiger partial charge is 0.497 e. The van der Waals surface area contributed by atoms with Crippen LogP contribution in [0.15, 0.2) is 66.0 Å². The number of nitrogens with one attached hydrogen (secondary N) is 1. The maximum atomic E-state index is 12.1. The lowest BCUT2D eigenvalue weighted by molar-refractivity contribution is 0.0509. The Balaban J connectivity index is 1.49. The summed E-state index contributed by atoms with van der Waals surface area (Å²) >= 11 is 1.37.